The molecule has 0 atom stereocenters. The Bertz CT molecular complexity index is 3220. The SMILES string of the molecule is CC1(C)c2ccccc2-c2ccc(N(c3ccc(-c4cccc(-c5cccc6ccccc56)c4)cc3)c3cc(-c4ccc5ccccc5c4)ccc3-c3ccccc3)cc21. The molecule has 1 nitrogen and oxygen atoms in total. The van der Waals surface area contributed by atoms with Crippen LogP contribution >= 0.6 is 0 Å². The average Bonchev–Trinajstić information content (AvgIpc) is 3.54. The molecule has 0 fully saturated rings. The molecule has 284 valence electrons. The van der Waals surface area contributed by atoms with E-state index in [1.54, 1.807) is 0 Å². The van der Waals surface area contributed by atoms with Crippen molar-refractivity contribution in [3.8, 4) is 55.6 Å². The van der Waals surface area contributed by atoms with E-state index in [4.69, 9.17) is 0 Å². The van der Waals surface area contributed by atoms with E-state index >= 15 is 0 Å². The first-order chi connectivity index (χ1) is 29.5. The zero-order valence-electron chi connectivity index (χ0n) is 33.8. The van der Waals surface area contributed by atoms with Crippen molar-refractivity contribution in [3.05, 3.63) is 236 Å². The van der Waals surface area contributed by atoms with Gasteiger partial charge in [-0.15, -0.1) is 0 Å². The van der Waals surface area contributed by atoms with Crippen LogP contribution in [-0.4, -0.2) is 0 Å². The summed E-state index contributed by atoms with van der Waals surface area (Å²) in [6.45, 7) is 4.73. The number of rotatable bonds is 7. The van der Waals surface area contributed by atoms with Crippen molar-refractivity contribution in [3.63, 3.8) is 0 Å². The molecule has 0 spiro atoms. The summed E-state index contributed by atoms with van der Waals surface area (Å²) in [5, 5.41) is 5.00. The quantitative estimate of drug-likeness (QED) is 0.156. The molecule has 0 N–H and O–H groups in total. The molecule has 60 heavy (non-hydrogen) atoms. The van der Waals surface area contributed by atoms with E-state index in [2.05, 4.69) is 243 Å². The first-order valence-electron chi connectivity index (χ1n) is 20.9. The highest BCUT2D eigenvalue weighted by molar-refractivity contribution is 5.98. The number of fused-ring (bicyclic) bond motifs is 5. The van der Waals surface area contributed by atoms with Crippen LogP contribution in [0.3, 0.4) is 0 Å². The van der Waals surface area contributed by atoms with Gasteiger partial charge in [0.15, 0.2) is 0 Å². The van der Waals surface area contributed by atoms with Crippen LogP contribution in [0.4, 0.5) is 17.1 Å². The van der Waals surface area contributed by atoms with Gasteiger partial charge in [0, 0.05) is 22.4 Å². The molecule has 0 unspecified atom stereocenters. The summed E-state index contributed by atoms with van der Waals surface area (Å²) in [5.41, 5.74) is 18.2. The molecule has 10 aromatic rings. The van der Waals surface area contributed by atoms with Gasteiger partial charge in [-0.2, -0.15) is 0 Å². The summed E-state index contributed by atoms with van der Waals surface area (Å²) in [4.78, 5) is 2.47. The number of anilines is 3. The summed E-state index contributed by atoms with van der Waals surface area (Å²) in [5.74, 6) is 0. The van der Waals surface area contributed by atoms with E-state index in [0.717, 1.165) is 17.1 Å². The minimum absolute atomic E-state index is 0.137. The van der Waals surface area contributed by atoms with Crippen molar-refractivity contribution < 1.29 is 0 Å². The molecule has 0 saturated heterocycles. The average molecular weight is 766 g/mol. The molecule has 1 aliphatic carbocycles. The Morgan fingerprint density at radius 1 is 0.300 bits per heavy atom. The van der Waals surface area contributed by atoms with Gasteiger partial charge in [-0.25, -0.2) is 0 Å². The molecular formula is C59H43N. The molecule has 11 rings (SSSR count). The van der Waals surface area contributed by atoms with Crippen LogP contribution < -0.4 is 4.90 Å². The van der Waals surface area contributed by atoms with Gasteiger partial charge in [-0.1, -0.05) is 196 Å². The van der Waals surface area contributed by atoms with Crippen LogP contribution in [0.25, 0.3) is 77.2 Å². The van der Waals surface area contributed by atoms with Gasteiger partial charge in [0.2, 0.25) is 0 Å². The first kappa shape index (κ1) is 35.7. The predicted molar refractivity (Wildman–Crippen MR) is 255 cm³/mol. The van der Waals surface area contributed by atoms with E-state index < -0.39 is 0 Å². The second-order valence-electron chi connectivity index (χ2n) is 16.6. The largest absolute Gasteiger partial charge is 0.310 e. The maximum absolute atomic E-state index is 2.47. The van der Waals surface area contributed by atoms with Crippen molar-refractivity contribution in [2.75, 3.05) is 4.90 Å². The maximum Gasteiger partial charge on any atom is 0.0546 e. The second-order valence-corrected chi connectivity index (χ2v) is 16.6. The molecule has 10 aromatic carbocycles. The Kier molecular flexibility index (Phi) is 8.57. The Hall–Kier alpha value is -7.48. The number of benzene rings is 10. The minimum Gasteiger partial charge on any atom is -0.310 e. The van der Waals surface area contributed by atoms with Crippen molar-refractivity contribution in [2.24, 2.45) is 0 Å². The van der Waals surface area contributed by atoms with Gasteiger partial charge < -0.3 is 4.90 Å². The van der Waals surface area contributed by atoms with Gasteiger partial charge in [0.1, 0.15) is 0 Å². The molecule has 1 heteroatoms. The minimum atomic E-state index is -0.137. The fourth-order valence-corrected chi connectivity index (χ4v) is 9.53. The van der Waals surface area contributed by atoms with Crippen LogP contribution in [0.2, 0.25) is 0 Å². The summed E-state index contributed by atoms with van der Waals surface area (Å²) in [7, 11) is 0. The van der Waals surface area contributed by atoms with E-state index in [-0.39, 0.29) is 5.41 Å². The van der Waals surface area contributed by atoms with Crippen molar-refractivity contribution in [1.29, 1.82) is 0 Å². The lowest BCUT2D eigenvalue weighted by Crippen LogP contribution is -2.17. The smallest absolute Gasteiger partial charge is 0.0546 e. The number of nitrogens with zero attached hydrogens (tertiary/aromatic N) is 1. The Morgan fingerprint density at radius 3 is 1.73 bits per heavy atom. The molecule has 0 heterocycles. The van der Waals surface area contributed by atoms with E-state index in [9.17, 15) is 0 Å². The predicted octanol–water partition coefficient (Wildman–Crippen LogP) is 16.4. The highest BCUT2D eigenvalue weighted by atomic mass is 15.1. The first-order valence-corrected chi connectivity index (χ1v) is 20.9. The van der Waals surface area contributed by atoms with Crippen molar-refractivity contribution in [1.82, 2.24) is 0 Å². The van der Waals surface area contributed by atoms with Gasteiger partial charge in [-0.05, 0) is 125 Å². The van der Waals surface area contributed by atoms with Crippen LogP contribution in [0.5, 0.6) is 0 Å². The highest BCUT2D eigenvalue weighted by Crippen LogP contribution is 2.51. The Morgan fingerprint density at radius 2 is 0.867 bits per heavy atom. The van der Waals surface area contributed by atoms with Gasteiger partial charge >= 0.3 is 0 Å². The topological polar surface area (TPSA) is 3.24 Å². The zero-order valence-corrected chi connectivity index (χ0v) is 33.8. The fourth-order valence-electron chi connectivity index (χ4n) is 9.53. The molecule has 0 aliphatic heterocycles. The molecule has 0 bridgehead atoms. The zero-order chi connectivity index (χ0) is 40.2. The molecule has 0 amide bonds. The van der Waals surface area contributed by atoms with Crippen molar-refractivity contribution in [2.45, 2.75) is 19.3 Å². The van der Waals surface area contributed by atoms with Crippen LogP contribution in [0.1, 0.15) is 25.0 Å². The molecule has 1 aliphatic rings. The standard InChI is InChI=1S/C59H43N/c1-59(2)56-25-11-10-23-54(56)55-35-33-50(39-57(55)59)60(49-31-28-41(29-32-49)45-20-12-21-48(37-45)52-24-13-19-42-17-8-9-22-51(42)52)58-38-47(30-34-53(58)43-15-4-3-5-16-43)46-27-26-40-14-6-7-18-44(40)36-46/h3-39H,1-2H3. The second kappa shape index (κ2) is 14.4. The Labute approximate surface area is 352 Å². The number of hydrogen-bond donors (Lipinski definition) is 0. The fraction of sp³-hybridized carbons (Fsp3) is 0.0508. The molecule has 0 saturated carbocycles. The third-order valence-electron chi connectivity index (χ3n) is 12.7. The van der Waals surface area contributed by atoms with E-state index in [1.165, 1.54) is 88.3 Å². The van der Waals surface area contributed by atoms with Crippen LogP contribution in [0, 0.1) is 0 Å². The summed E-state index contributed by atoms with van der Waals surface area (Å²) >= 11 is 0. The lowest BCUT2D eigenvalue weighted by atomic mass is 9.82. The number of hydrogen-bond acceptors (Lipinski definition) is 1. The van der Waals surface area contributed by atoms with E-state index in [1.807, 2.05) is 0 Å². The summed E-state index contributed by atoms with van der Waals surface area (Å²) in [6, 6.07) is 82.6. The monoisotopic (exact) mass is 765 g/mol. The summed E-state index contributed by atoms with van der Waals surface area (Å²) < 4.78 is 0. The van der Waals surface area contributed by atoms with Crippen molar-refractivity contribution >= 4 is 38.6 Å². The molecular weight excluding hydrogens is 723 g/mol. The molecule has 0 aromatic heterocycles. The van der Waals surface area contributed by atoms with Crippen LogP contribution in [0.15, 0.2) is 224 Å². The van der Waals surface area contributed by atoms with Gasteiger partial charge in [0.05, 0.1) is 5.69 Å². The summed E-state index contributed by atoms with van der Waals surface area (Å²) in [6.07, 6.45) is 0. The lowest BCUT2D eigenvalue weighted by molar-refractivity contribution is 0.660. The van der Waals surface area contributed by atoms with E-state index in [0.29, 0.717) is 0 Å². The Balaban J connectivity index is 1.08. The maximum atomic E-state index is 2.47. The normalized spacial score (nSPS) is 12.6. The molecule has 0 radical (unpaired) electrons. The third kappa shape index (κ3) is 6.10. The third-order valence-corrected chi connectivity index (χ3v) is 12.7. The van der Waals surface area contributed by atoms with Gasteiger partial charge in [-0.3, -0.25) is 0 Å². The van der Waals surface area contributed by atoms with Crippen LogP contribution in [-0.2, 0) is 5.41 Å². The lowest BCUT2D eigenvalue weighted by Gasteiger charge is -2.30. The highest BCUT2D eigenvalue weighted by Gasteiger charge is 2.36. The van der Waals surface area contributed by atoms with Gasteiger partial charge in [0.25, 0.3) is 0 Å².